The average molecular weight is 322 g/mol. The lowest BCUT2D eigenvalue weighted by molar-refractivity contribution is -0.152. The summed E-state index contributed by atoms with van der Waals surface area (Å²) in [7, 11) is 1.45. The Hall–Kier alpha value is -2.35. The molecule has 2 nitrogen and oxygen atoms in total. The van der Waals surface area contributed by atoms with E-state index >= 15 is 0 Å². The van der Waals surface area contributed by atoms with Gasteiger partial charge in [0.05, 0.1) is 12.5 Å². The fraction of sp³-hybridized carbons (Fsp3) is 0.318. The highest BCUT2D eigenvalue weighted by molar-refractivity contribution is 5.77. The van der Waals surface area contributed by atoms with E-state index in [-0.39, 0.29) is 11.4 Å². The number of ether oxygens (including phenoxy) is 1. The van der Waals surface area contributed by atoms with Gasteiger partial charge in [-0.3, -0.25) is 4.79 Å². The van der Waals surface area contributed by atoms with Crippen LogP contribution in [-0.4, -0.2) is 13.1 Å². The summed E-state index contributed by atoms with van der Waals surface area (Å²) < 4.78 is 5.10. The molecule has 0 amide bonds. The monoisotopic (exact) mass is 322 g/mol. The van der Waals surface area contributed by atoms with Crippen LogP contribution in [0.15, 0.2) is 73.3 Å². The zero-order valence-corrected chi connectivity index (χ0v) is 14.8. The van der Waals surface area contributed by atoms with Crippen LogP contribution in [0.4, 0.5) is 0 Å². The lowest BCUT2D eigenvalue weighted by Crippen LogP contribution is -2.38. The quantitative estimate of drug-likeness (QED) is 0.521. The van der Waals surface area contributed by atoms with Gasteiger partial charge in [-0.25, -0.2) is 0 Å². The Morgan fingerprint density at radius 2 is 1.46 bits per heavy atom. The van der Waals surface area contributed by atoms with Crippen LogP contribution in [0.3, 0.4) is 0 Å². The Balaban J connectivity index is 2.55. The molecule has 1 atom stereocenters. The highest BCUT2D eigenvalue weighted by Gasteiger charge is 2.42. The van der Waals surface area contributed by atoms with Crippen LogP contribution >= 0.6 is 0 Å². The number of hydrogen-bond acceptors (Lipinski definition) is 2. The minimum Gasteiger partial charge on any atom is -0.469 e. The van der Waals surface area contributed by atoms with Crippen LogP contribution in [0, 0.1) is 5.41 Å². The smallest absolute Gasteiger partial charge is 0.311 e. The lowest BCUT2D eigenvalue weighted by atomic mass is 9.65. The van der Waals surface area contributed by atoms with Crippen molar-refractivity contribution in [2.45, 2.75) is 32.1 Å². The number of benzene rings is 2. The summed E-state index contributed by atoms with van der Waals surface area (Å²) in [6.45, 7) is 7.99. The minimum atomic E-state index is -0.628. The normalized spacial score (nSPS) is 13.8. The van der Waals surface area contributed by atoms with Crippen molar-refractivity contribution in [2.24, 2.45) is 5.41 Å². The molecule has 0 aliphatic heterocycles. The molecule has 0 heterocycles. The number of esters is 1. The molecule has 0 N–H and O–H groups in total. The van der Waals surface area contributed by atoms with Gasteiger partial charge in [0.15, 0.2) is 0 Å². The van der Waals surface area contributed by atoms with Gasteiger partial charge in [-0.1, -0.05) is 73.7 Å². The number of methoxy groups -OCH3 is 1. The molecule has 2 heteroatoms. The first-order chi connectivity index (χ1) is 11.5. The summed E-state index contributed by atoms with van der Waals surface area (Å²) in [6.07, 6.45) is 3.02. The second kappa shape index (κ2) is 7.48. The molecule has 0 radical (unpaired) electrons. The molecule has 126 valence electrons. The van der Waals surface area contributed by atoms with E-state index in [1.54, 1.807) is 6.08 Å². The Labute approximate surface area is 145 Å². The van der Waals surface area contributed by atoms with Crippen molar-refractivity contribution in [3.05, 3.63) is 84.4 Å². The van der Waals surface area contributed by atoms with E-state index in [9.17, 15) is 4.79 Å². The first-order valence-electron chi connectivity index (χ1n) is 8.27. The van der Waals surface area contributed by atoms with Gasteiger partial charge >= 0.3 is 5.97 Å². The molecule has 0 aliphatic carbocycles. The van der Waals surface area contributed by atoms with E-state index in [2.05, 4.69) is 37.8 Å². The lowest BCUT2D eigenvalue weighted by Gasteiger charge is -2.38. The van der Waals surface area contributed by atoms with Gasteiger partial charge in [-0.15, -0.1) is 6.58 Å². The molecule has 0 aliphatic rings. The molecule has 0 saturated carbocycles. The third-order valence-corrected chi connectivity index (χ3v) is 4.84. The Morgan fingerprint density at radius 1 is 1.00 bits per heavy atom. The highest BCUT2D eigenvalue weighted by atomic mass is 16.5. The summed E-state index contributed by atoms with van der Waals surface area (Å²) in [4.78, 5) is 12.5. The maximum atomic E-state index is 12.5. The van der Waals surface area contributed by atoms with Crippen molar-refractivity contribution in [1.29, 1.82) is 0 Å². The van der Waals surface area contributed by atoms with Gasteiger partial charge in [0.2, 0.25) is 0 Å². The van der Waals surface area contributed by atoms with Crippen LogP contribution < -0.4 is 0 Å². The largest absolute Gasteiger partial charge is 0.469 e. The predicted octanol–water partition coefficient (Wildman–Crippen LogP) is 5.14. The fourth-order valence-corrected chi connectivity index (χ4v) is 3.56. The number of hydrogen-bond donors (Lipinski definition) is 0. The Kier molecular flexibility index (Phi) is 5.61. The molecule has 0 bridgehead atoms. The minimum absolute atomic E-state index is 0.194. The van der Waals surface area contributed by atoms with Crippen LogP contribution in [-0.2, 0) is 14.9 Å². The van der Waals surface area contributed by atoms with E-state index < -0.39 is 5.41 Å². The second-order valence-corrected chi connectivity index (χ2v) is 6.79. The van der Waals surface area contributed by atoms with E-state index in [4.69, 9.17) is 4.74 Å². The van der Waals surface area contributed by atoms with Crippen LogP contribution in [0.5, 0.6) is 0 Å². The second-order valence-electron chi connectivity index (χ2n) is 6.79. The third kappa shape index (κ3) is 3.59. The molecule has 1 unspecified atom stereocenters. The standard InChI is InChI=1S/C22H26O2/c1-5-16-21(2,20(23)24-4)17-22(3,18-12-8-6-9-13-18)19-14-10-7-11-15-19/h5-15H,1,16-17H2,2-4H3. The molecule has 2 aromatic carbocycles. The summed E-state index contributed by atoms with van der Waals surface area (Å²) >= 11 is 0. The van der Waals surface area contributed by atoms with E-state index in [0.717, 1.165) is 0 Å². The molecule has 0 saturated heterocycles. The van der Waals surface area contributed by atoms with Crippen molar-refractivity contribution in [3.63, 3.8) is 0 Å². The van der Waals surface area contributed by atoms with Crippen LogP contribution in [0.1, 0.15) is 37.8 Å². The van der Waals surface area contributed by atoms with Gasteiger partial charge in [-0.2, -0.15) is 0 Å². The van der Waals surface area contributed by atoms with Crippen molar-refractivity contribution >= 4 is 5.97 Å². The number of allylic oxidation sites excluding steroid dienone is 1. The molecular formula is C22H26O2. The average Bonchev–Trinajstić information content (AvgIpc) is 2.62. The maximum absolute atomic E-state index is 12.5. The first-order valence-corrected chi connectivity index (χ1v) is 8.27. The van der Waals surface area contributed by atoms with Crippen LogP contribution in [0.25, 0.3) is 0 Å². The van der Waals surface area contributed by atoms with Gasteiger partial charge in [-0.05, 0) is 30.9 Å². The van der Waals surface area contributed by atoms with E-state index in [1.807, 2.05) is 43.3 Å². The zero-order valence-electron chi connectivity index (χ0n) is 14.8. The molecule has 2 rings (SSSR count). The molecule has 2 aromatic rings. The predicted molar refractivity (Wildman–Crippen MR) is 98.9 cm³/mol. The SMILES string of the molecule is C=CCC(C)(CC(C)(c1ccccc1)c1ccccc1)C(=O)OC. The molecule has 0 aromatic heterocycles. The molecule has 0 spiro atoms. The van der Waals surface area contributed by atoms with Crippen molar-refractivity contribution in [1.82, 2.24) is 0 Å². The van der Waals surface area contributed by atoms with E-state index in [1.165, 1.54) is 18.2 Å². The fourth-order valence-electron chi connectivity index (χ4n) is 3.56. The van der Waals surface area contributed by atoms with Gasteiger partial charge in [0.1, 0.15) is 0 Å². The zero-order chi connectivity index (χ0) is 17.6. The first kappa shape index (κ1) is 18.0. The van der Waals surface area contributed by atoms with Gasteiger partial charge in [0, 0.05) is 5.41 Å². The maximum Gasteiger partial charge on any atom is 0.311 e. The number of rotatable bonds is 7. The third-order valence-electron chi connectivity index (χ3n) is 4.84. The Bertz CT molecular complexity index is 636. The van der Waals surface area contributed by atoms with Crippen molar-refractivity contribution < 1.29 is 9.53 Å². The summed E-state index contributed by atoms with van der Waals surface area (Å²) in [6, 6.07) is 20.7. The molecule has 0 fully saturated rings. The van der Waals surface area contributed by atoms with Crippen LogP contribution in [0.2, 0.25) is 0 Å². The molecular weight excluding hydrogens is 296 g/mol. The summed E-state index contributed by atoms with van der Waals surface area (Å²) in [5, 5.41) is 0. The van der Waals surface area contributed by atoms with Crippen molar-refractivity contribution in [2.75, 3.05) is 7.11 Å². The summed E-state index contributed by atoms with van der Waals surface area (Å²) in [5.74, 6) is -0.194. The van der Waals surface area contributed by atoms with Gasteiger partial charge < -0.3 is 4.74 Å². The molecule has 24 heavy (non-hydrogen) atoms. The summed E-state index contributed by atoms with van der Waals surface area (Å²) in [5.41, 5.74) is 1.46. The number of carbonyl (C=O) groups is 1. The van der Waals surface area contributed by atoms with Gasteiger partial charge in [0.25, 0.3) is 0 Å². The van der Waals surface area contributed by atoms with Crippen molar-refractivity contribution in [3.8, 4) is 0 Å². The Morgan fingerprint density at radius 3 is 1.83 bits per heavy atom. The number of carbonyl (C=O) groups excluding carboxylic acids is 1. The highest BCUT2D eigenvalue weighted by Crippen LogP contribution is 2.44. The topological polar surface area (TPSA) is 26.3 Å². The van der Waals surface area contributed by atoms with E-state index in [0.29, 0.717) is 12.8 Å².